The molecule has 0 aliphatic carbocycles. The fourth-order valence-electron chi connectivity index (χ4n) is 3.16. The van der Waals surface area contributed by atoms with Crippen LogP contribution in [0.15, 0.2) is 77.3 Å². The standard InChI is InChI=1S/C22H16BrNO/c1-24-20-5-3-2-4-18(20)19-14-16(9-12-21(19)24)22(25)13-8-15-6-10-17(23)11-7-15/h2-14H,1H3. The van der Waals surface area contributed by atoms with Gasteiger partial charge < -0.3 is 4.57 Å². The first kappa shape index (κ1) is 15.9. The number of para-hydroxylation sites is 1. The Kier molecular flexibility index (Phi) is 4.02. The van der Waals surface area contributed by atoms with Crippen molar-refractivity contribution in [3.8, 4) is 0 Å². The highest BCUT2D eigenvalue weighted by Crippen LogP contribution is 2.28. The first-order valence-corrected chi connectivity index (χ1v) is 8.88. The molecule has 3 aromatic carbocycles. The maximum atomic E-state index is 12.6. The summed E-state index contributed by atoms with van der Waals surface area (Å²) in [6.07, 6.45) is 3.48. The van der Waals surface area contributed by atoms with Crippen molar-refractivity contribution in [1.82, 2.24) is 4.57 Å². The highest BCUT2D eigenvalue weighted by molar-refractivity contribution is 9.10. The van der Waals surface area contributed by atoms with E-state index in [4.69, 9.17) is 0 Å². The van der Waals surface area contributed by atoms with Crippen LogP contribution < -0.4 is 0 Å². The maximum absolute atomic E-state index is 12.6. The van der Waals surface area contributed by atoms with Gasteiger partial charge in [0.15, 0.2) is 5.78 Å². The molecule has 0 N–H and O–H groups in total. The Morgan fingerprint density at radius 3 is 2.44 bits per heavy atom. The van der Waals surface area contributed by atoms with Crippen LogP contribution >= 0.6 is 15.9 Å². The largest absolute Gasteiger partial charge is 0.344 e. The van der Waals surface area contributed by atoms with Crippen molar-refractivity contribution in [3.05, 3.63) is 88.4 Å². The number of aryl methyl sites for hydroxylation is 1. The van der Waals surface area contributed by atoms with Crippen LogP contribution in [0, 0.1) is 0 Å². The summed E-state index contributed by atoms with van der Waals surface area (Å²) in [6, 6.07) is 22.1. The number of carbonyl (C=O) groups is 1. The Hall–Kier alpha value is -2.65. The Bertz CT molecular complexity index is 1120. The van der Waals surface area contributed by atoms with Gasteiger partial charge in [-0.15, -0.1) is 0 Å². The van der Waals surface area contributed by atoms with E-state index in [1.54, 1.807) is 6.08 Å². The van der Waals surface area contributed by atoms with Crippen LogP contribution in [0.3, 0.4) is 0 Å². The van der Waals surface area contributed by atoms with Gasteiger partial charge in [-0.3, -0.25) is 4.79 Å². The zero-order chi connectivity index (χ0) is 17.4. The second-order valence-electron chi connectivity index (χ2n) is 6.06. The number of rotatable bonds is 3. The minimum Gasteiger partial charge on any atom is -0.344 e. The quantitative estimate of drug-likeness (QED) is 0.311. The molecule has 0 saturated carbocycles. The fraction of sp³-hybridized carbons (Fsp3) is 0.0455. The first-order chi connectivity index (χ1) is 12.1. The minimum atomic E-state index is 0.0118. The number of allylic oxidation sites excluding steroid dienone is 1. The van der Waals surface area contributed by atoms with Crippen LogP contribution in [0.2, 0.25) is 0 Å². The third kappa shape index (κ3) is 2.92. The number of nitrogens with zero attached hydrogens (tertiary/aromatic N) is 1. The molecule has 0 amide bonds. The molecule has 0 unspecified atom stereocenters. The van der Waals surface area contributed by atoms with Gasteiger partial charge in [-0.25, -0.2) is 0 Å². The molecule has 0 saturated heterocycles. The Balaban J connectivity index is 1.72. The molecule has 1 aromatic heterocycles. The maximum Gasteiger partial charge on any atom is 0.185 e. The summed E-state index contributed by atoms with van der Waals surface area (Å²) in [5.41, 5.74) is 4.02. The zero-order valence-electron chi connectivity index (χ0n) is 13.7. The normalized spacial score (nSPS) is 11.6. The third-order valence-corrected chi connectivity index (χ3v) is 5.02. The molecule has 4 aromatic rings. The second kappa shape index (κ2) is 6.34. The highest BCUT2D eigenvalue weighted by Gasteiger charge is 2.10. The van der Waals surface area contributed by atoms with E-state index < -0.39 is 0 Å². The summed E-state index contributed by atoms with van der Waals surface area (Å²) in [7, 11) is 2.06. The Labute approximate surface area is 154 Å². The lowest BCUT2D eigenvalue weighted by Gasteiger charge is -2.00. The van der Waals surface area contributed by atoms with E-state index in [1.165, 1.54) is 10.9 Å². The summed E-state index contributed by atoms with van der Waals surface area (Å²) in [5, 5.41) is 2.28. The van der Waals surface area contributed by atoms with Crippen LogP contribution in [-0.2, 0) is 7.05 Å². The lowest BCUT2D eigenvalue weighted by molar-refractivity contribution is 0.104. The van der Waals surface area contributed by atoms with E-state index in [9.17, 15) is 4.79 Å². The van der Waals surface area contributed by atoms with Crippen molar-refractivity contribution in [2.75, 3.05) is 0 Å². The zero-order valence-corrected chi connectivity index (χ0v) is 15.3. The molecular weight excluding hydrogens is 374 g/mol. The monoisotopic (exact) mass is 389 g/mol. The van der Waals surface area contributed by atoms with E-state index >= 15 is 0 Å². The summed E-state index contributed by atoms with van der Waals surface area (Å²) >= 11 is 3.41. The van der Waals surface area contributed by atoms with Crippen LogP contribution in [-0.4, -0.2) is 10.4 Å². The van der Waals surface area contributed by atoms with E-state index in [0.29, 0.717) is 5.56 Å². The summed E-state index contributed by atoms with van der Waals surface area (Å²) in [6.45, 7) is 0. The van der Waals surface area contributed by atoms with Crippen molar-refractivity contribution in [1.29, 1.82) is 0 Å². The fourth-order valence-corrected chi connectivity index (χ4v) is 3.43. The van der Waals surface area contributed by atoms with Crippen LogP contribution in [0.1, 0.15) is 15.9 Å². The van der Waals surface area contributed by atoms with Gasteiger partial charge in [0.05, 0.1) is 0 Å². The minimum absolute atomic E-state index is 0.0118. The van der Waals surface area contributed by atoms with Gasteiger partial charge in [0.2, 0.25) is 0 Å². The highest BCUT2D eigenvalue weighted by atomic mass is 79.9. The van der Waals surface area contributed by atoms with Gasteiger partial charge in [-0.1, -0.05) is 52.3 Å². The number of ketones is 1. The molecule has 0 bridgehead atoms. The summed E-state index contributed by atoms with van der Waals surface area (Å²) < 4.78 is 3.19. The molecule has 0 aliphatic rings. The predicted octanol–water partition coefficient (Wildman–Crippen LogP) is 5.99. The van der Waals surface area contributed by atoms with Gasteiger partial charge >= 0.3 is 0 Å². The molecule has 4 rings (SSSR count). The third-order valence-electron chi connectivity index (χ3n) is 4.50. The van der Waals surface area contributed by atoms with Crippen LogP contribution in [0.5, 0.6) is 0 Å². The van der Waals surface area contributed by atoms with E-state index in [-0.39, 0.29) is 5.78 Å². The first-order valence-electron chi connectivity index (χ1n) is 8.08. The molecule has 0 fully saturated rings. The molecule has 122 valence electrons. The number of hydrogen-bond acceptors (Lipinski definition) is 1. The number of benzene rings is 3. The number of hydrogen-bond donors (Lipinski definition) is 0. The van der Waals surface area contributed by atoms with Crippen molar-refractivity contribution in [2.45, 2.75) is 0 Å². The van der Waals surface area contributed by atoms with Gasteiger partial charge in [0, 0.05) is 38.9 Å². The molecule has 1 heterocycles. The van der Waals surface area contributed by atoms with E-state index in [0.717, 1.165) is 20.9 Å². The molecule has 0 aliphatic heterocycles. The smallest absolute Gasteiger partial charge is 0.185 e. The average Bonchev–Trinajstić information content (AvgIpc) is 2.93. The van der Waals surface area contributed by atoms with Crippen molar-refractivity contribution in [3.63, 3.8) is 0 Å². The lowest BCUT2D eigenvalue weighted by Crippen LogP contribution is -1.94. The number of halogens is 1. The van der Waals surface area contributed by atoms with Crippen LogP contribution in [0.25, 0.3) is 27.9 Å². The average molecular weight is 390 g/mol. The van der Waals surface area contributed by atoms with Gasteiger partial charge in [0.1, 0.15) is 0 Å². The molecule has 0 atom stereocenters. The Morgan fingerprint density at radius 1 is 0.920 bits per heavy atom. The van der Waals surface area contributed by atoms with Gasteiger partial charge in [-0.05, 0) is 48.0 Å². The van der Waals surface area contributed by atoms with Gasteiger partial charge in [-0.2, -0.15) is 0 Å². The molecule has 0 radical (unpaired) electrons. The molecule has 3 heteroatoms. The number of fused-ring (bicyclic) bond motifs is 3. The van der Waals surface area contributed by atoms with Crippen molar-refractivity contribution < 1.29 is 4.79 Å². The number of aromatic nitrogens is 1. The summed E-state index contributed by atoms with van der Waals surface area (Å²) in [4.78, 5) is 12.6. The SMILES string of the molecule is Cn1c2ccccc2c2cc(C(=O)C=Cc3ccc(Br)cc3)ccc21. The van der Waals surface area contributed by atoms with Gasteiger partial charge in [0.25, 0.3) is 0 Å². The summed E-state index contributed by atoms with van der Waals surface area (Å²) in [5.74, 6) is 0.0118. The molecule has 25 heavy (non-hydrogen) atoms. The van der Waals surface area contributed by atoms with E-state index in [1.807, 2.05) is 60.7 Å². The molecule has 0 spiro atoms. The molecular formula is C22H16BrNO. The topological polar surface area (TPSA) is 22.0 Å². The van der Waals surface area contributed by atoms with Crippen molar-refractivity contribution in [2.24, 2.45) is 7.05 Å². The number of carbonyl (C=O) groups excluding carboxylic acids is 1. The second-order valence-corrected chi connectivity index (χ2v) is 6.97. The lowest BCUT2D eigenvalue weighted by atomic mass is 10.1. The van der Waals surface area contributed by atoms with Crippen LogP contribution in [0.4, 0.5) is 0 Å². The van der Waals surface area contributed by atoms with Crippen molar-refractivity contribution >= 4 is 49.6 Å². The Morgan fingerprint density at radius 2 is 1.64 bits per heavy atom. The molecule has 2 nitrogen and oxygen atoms in total. The predicted molar refractivity (Wildman–Crippen MR) is 108 cm³/mol. The van der Waals surface area contributed by atoms with E-state index in [2.05, 4.69) is 39.7 Å².